The Labute approximate surface area is 193 Å². The third-order valence-corrected chi connectivity index (χ3v) is 5.94. The quantitative estimate of drug-likeness (QED) is 0.528. The highest BCUT2D eigenvalue weighted by atomic mass is 16.5. The summed E-state index contributed by atoms with van der Waals surface area (Å²) in [5.74, 6) is 1.33. The monoisotopic (exact) mass is 452 g/mol. The summed E-state index contributed by atoms with van der Waals surface area (Å²) in [5.41, 5.74) is 3.01. The van der Waals surface area contributed by atoms with Gasteiger partial charge in [-0.2, -0.15) is 0 Å². The van der Waals surface area contributed by atoms with Gasteiger partial charge >= 0.3 is 0 Å². The number of fused-ring (bicyclic) bond motifs is 1. The molecule has 0 atom stereocenters. The summed E-state index contributed by atoms with van der Waals surface area (Å²) in [4.78, 5) is 34.2. The molecule has 33 heavy (non-hydrogen) atoms. The van der Waals surface area contributed by atoms with Crippen LogP contribution in [-0.4, -0.2) is 38.7 Å². The summed E-state index contributed by atoms with van der Waals surface area (Å²) in [7, 11) is 1.78. The molecule has 1 aliphatic carbocycles. The molecule has 1 fully saturated rings. The normalized spacial score (nSPS) is 17.9. The Bertz CT molecular complexity index is 1220. The Hall–Kier alpha value is -3.20. The van der Waals surface area contributed by atoms with Gasteiger partial charge in [0, 0.05) is 38.9 Å². The predicted octanol–water partition coefficient (Wildman–Crippen LogP) is 4.18. The van der Waals surface area contributed by atoms with Crippen LogP contribution in [0, 0.1) is 11.8 Å². The zero-order valence-electron chi connectivity index (χ0n) is 19.9. The van der Waals surface area contributed by atoms with Crippen LogP contribution in [0.15, 0.2) is 29.5 Å². The van der Waals surface area contributed by atoms with Crippen LogP contribution in [0.2, 0.25) is 0 Å². The number of hydrogen-bond acceptors (Lipinski definition) is 7. The minimum Gasteiger partial charge on any atom is -0.386 e. The van der Waals surface area contributed by atoms with Crippen molar-refractivity contribution in [1.82, 2.24) is 19.1 Å². The maximum absolute atomic E-state index is 13.3. The van der Waals surface area contributed by atoms with Crippen molar-refractivity contribution in [3.63, 3.8) is 0 Å². The molecule has 0 spiro atoms. The van der Waals surface area contributed by atoms with Crippen LogP contribution in [0.4, 0.5) is 17.2 Å². The number of rotatable bonds is 8. The minimum atomic E-state index is -0.185. The zero-order valence-corrected chi connectivity index (χ0v) is 19.9. The van der Waals surface area contributed by atoms with Gasteiger partial charge in [0.15, 0.2) is 5.65 Å². The van der Waals surface area contributed by atoms with E-state index in [2.05, 4.69) is 41.4 Å². The van der Waals surface area contributed by atoms with E-state index < -0.39 is 0 Å². The van der Waals surface area contributed by atoms with E-state index in [1.54, 1.807) is 13.1 Å². The summed E-state index contributed by atoms with van der Waals surface area (Å²) in [6.45, 7) is 8.96. The maximum Gasteiger partial charge on any atom is 0.274 e. The van der Waals surface area contributed by atoms with Crippen molar-refractivity contribution in [2.24, 2.45) is 11.8 Å². The Kier molecular flexibility index (Phi) is 6.51. The Balaban J connectivity index is 1.72. The van der Waals surface area contributed by atoms with Gasteiger partial charge in [-0.05, 0) is 36.3 Å². The number of carbonyl (C=O) groups is 1. The van der Waals surface area contributed by atoms with E-state index in [0.717, 1.165) is 18.4 Å². The molecule has 3 aromatic rings. The molecule has 0 aromatic carbocycles. The van der Waals surface area contributed by atoms with Crippen molar-refractivity contribution in [2.75, 3.05) is 24.3 Å². The van der Waals surface area contributed by atoms with Crippen LogP contribution in [0.25, 0.3) is 11.2 Å². The van der Waals surface area contributed by atoms with Crippen molar-refractivity contribution < 1.29 is 9.53 Å². The molecule has 3 heterocycles. The second kappa shape index (κ2) is 9.35. The Morgan fingerprint density at radius 1 is 1.27 bits per heavy atom. The van der Waals surface area contributed by atoms with E-state index in [0.29, 0.717) is 53.4 Å². The van der Waals surface area contributed by atoms with E-state index in [1.165, 1.54) is 17.8 Å². The van der Waals surface area contributed by atoms with Gasteiger partial charge in [-0.15, -0.1) is 0 Å². The van der Waals surface area contributed by atoms with Crippen molar-refractivity contribution in [1.29, 1.82) is 0 Å². The second-order valence-corrected chi connectivity index (χ2v) is 9.35. The number of anilines is 3. The number of ether oxygens (including phenoxy) is 1. The van der Waals surface area contributed by atoms with Gasteiger partial charge in [-0.1, -0.05) is 20.8 Å². The molecule has 0 bridgehead atoms. The molecule has 1 aliphatic rings. The Morgan fingerprint density at radius 3 is 2.67 bits per heavy atom. The number of nitrogens with zero attached hydrogens (tertiary/aromatic N) is 4. The van der Waals surface area contributed by atoms with Gasteiger partial charge in [0.25, 0.3) is 5.56 Å². The van der Waals surface area contributed by atoms with Crippen LogP contribution >= 0.6 is 0 Å². The van der Waals surface area contributed by atoms with Crippen LogP contribution in [0.5, 0.6) is 0 Å². The summed E-state index contributed by atoms with van der Waals surface area (Å²) in [6, 6.07) is 3.81. The van der Waals surface area contributed by atoms with Crippen molar-refractivity contribution in [2.45, 2.75) is 53.2 Å². The molecule has 0 aliphatic heterocycles. The lowest BCUT2D eigenvalue weighted by atomic mass is 9.81. The first-order chi connectivity index (χ1) is 15.8. The Morgan fingerprint density at radius 2 is 2.03 bits per heavy atom. The summed E-state index contributed by atoms with van der Waals surface area (Å²) in [5, 5.41) is 6.29. The molecule has 176 valence electrons. The van der Waals surface area contributed by atoms with E-state index in [-0.39, 0.29) is 17.5 Å². The fourth-order valence-corrected chi connectivity index (χ4v) is 4.21. The molecule has 0 unspecified atom stereocenters. The maximum atomic E-state index is 13.3. The first-order valence-electron chi connectivity index (χ1n) is 11.4. The number of carbonyl (C=O) groups excluding carboxylic acids is 1. The number of hydrogen-bond donors (Lipinski definition) is 2. The molecule has 1 saturated carbocycles. The molecular formula is C24H32N6O3. The molecule has 9 nitrogen and oxygen atoms in total. The van der Waals surface area contributed by atoms with Gasteiger partial charge in [-0.3, -0.25) is 14.2 Å². The molecule has 0 amide bonds. The lowest BCUT2D eigenvalue weighted by Crippen LogP contribution is -2.34. The SMILES string of the molecule is CNc1cc(Nc2cc(COCC(C)C)cn(C3CC(C)C3)c2=O)nc2c1ncn2C(C)=O. The first-order valence-corrected chi connectivity index (χ1v) is 11.4. The zero-order chi connectivity index (χ0) is 23.7. The summed E-state index contributed by atoms with van der Waals surface area (Å²) < 4.78 is 9.06. The predicted molar refractivity (Wildman–Crippen MR) is 129 cm³/mol. The third-order valence-electron chi connectivity index (χ3n) is 5.94. The minimum absolute atomic E-state index is 0.0903. The van der Waals surface area contributed by atoms with E-state index in [1.807, 2.05) is 16.8 Å². The molecule has 2 N–H and O–H groups in total. The fraction of sp³-hybridized carbons (Fsp3) is 0.500. The lowest BCUT2D eigenvalue weighted by Gasteiger charge is -2.34. The van der Waals surface area contributed by atoms with Crippen LogP contribution in [0.3, 0.4) is 0 Å². The van der Waals surface area contributed by atoms with Crippen molar-refractivity contribution in [3.8, 4) is 0 Å². The number of nitrogens with one attached hydrogen (secondary N) is 2. The van der Waals surface area contributed by atoms with Gasteiger partial charge in [0.2, 0.25) is 5.91 Å². The molecule has 0 saturated heterocycles. The largest absolute Gasteiger partial charge is 0.386 e. The molecule has 9 heteroatoms. The number of imidazole rings is 1. The third kappa shape index (κ3) is 4.78. The molecule has 0 radical (unpaired) electrons. The number of pyridine rings is 2. The highest BCUT2D eigenvalue weighted by Gasteiger charge is 2.28. The smallest absolute Gasteiger partial charge is 0.274 e. The van der Waals surface area contributed by atoms with Gasteiger partial charge in [-0.25, -0.2) is 9.97 Å². The molecule has 4 rings (SSSR count). The second-order valence-electron chi connectivity index (χ2n) is 9.35. The van der Waals surface area contributed by atoms with Crippen LogP contribution < -0.4 is 16.2 Å². The number of aromatic nitrogens is 4. The lowest BCUT2D eigenvalue weighted by molar-refractivity contribution is 0.0940. The van der Waals surface area contributed by atoms with Crippen molar-refractivity contribution >= 4 is 34.3 Å². The average Bonchev–Trinajstić information content (AvgIpc) is 3.17. The highest BCUT2D eigenvalue weighted by Crippen LogP contribution is 2.36. The molecule has 3 aromatic heterocycles. The summed E-state index contributed by atoms with van der Waals surface area (Å²) in [6.07, 6.45) is 5.36. The fourth-order valence-electron chi connectivity index (χ4n) is 4.21. The van der Waals surface area contributed by atoms with Crippen LogP contribution in [0.1, 0.15) is 56.9 Å². The standard InChI is InChI=1S/C24H32N6O3/c1-14(2)11-33-12-17-8-20(24(32)29(10-17)18-6-15(3)7-18)27-21-9-19(25-5)22-23(28-21)30(13-26-22)16(4)31/h8-10,13-15,18H,6-7,11-12H2,1-5H3,(H2,25,27,28). The summed E-state index contributed by atoms with van der Waals surface area (Å²) >= 11 is 0. The van der Waals surface area contributed by atoms with Crippen LogP contribution in [-0.2, 0) is 11.3 Å². The van der Waals surface area contributed by atoms with Gasteiger partial charge in [0.05, 0.1) is 12.3 Å². The first kappa shape index (κ1) is 23.0. The van der Waals surface area contributed by atoms with E-state index >= 15 is 0 Å². The van der Waals surface area contributed by atoms with E-state index in [9.17, 15) is 9.59 Å². The van der Waals surface area contributed by atoms with Gasteiger partial charge < -0.3 is 19.9 Å². The average molecular weight is 453 g/mol. The topological polar surface area (TPSA) is 103 Å². The van der Waals surface area contributed by atoms with E-state index in [4.69, 9.17) is 4.74 Å². The van der Waals surface area contributed by atoms with Gasteiger partial charge in [0.1, 0.15) is 23.3 Å². The molecular weight excluding hydrogens is 420 g/mol. The van der Waals surface area contributed by atoms with Crippen molar-refractivity contribution in [3.05, 3.63) is 40.6 Å². The highest BCUT2D eigenvalue weighted by molar-refractivity contribution is 5.94.